The van der Waals surface area contributed by atoms with Gasteiger partial charge in [0.1, 0.15) is 0 Å². The fourth-order valence-corrected chi connectivity index (χ4v) is 1.25. The number of aryl methyl sites for hydroxylation is 1. The van der Waals surface area contributed by atoms with Gasteiger partial charge in [-0.1, -0.05) is 5.21 Å². The van der Waals surface area contributed by atoms with Crippen molar-refractivity contribution < 1.29 is 20.1 Å². The first-order valence-corrected chi connectivity index (χ1v) is 5.01. The van der Waals surface area contributed by atoms with Crippen molar-refractivity contribution in [3.05, 3.63) is 11.9 Å². The standard InChI is InChI=1S/C9H15N3O4/c13-5-8(6-14)12-4-7(10-11-12)2-1-3-9(15)16/h4,8,13-14H,1-3,5-6H2,(H,15,16). The number of rotatable bonds is 7. The molecule has 0 saturated heterocycles. The van der Waals surface area contributed by atoms with Crippen LogP contribution in [0.25, 0.3) is 0 Å². The lowest BCUT2D eigenvalue weighted by atomic mass is 10.2. The normalized spacial score (nSPS) is 10.9. The molecule has 0 bridgehead atoms. The second-order valence-corrected chi connectivity index (χ2v) is 3.46. The molecule has 0 spiro atoms. The summed E-state index contributed by atoms with van der Waals surface area (Å²) in [4.78, 5) is 10.3. The van der Waals surface area contributed by atoms with E-state index < -0.39 is 12.0 Å². The number of aliphatic hydroxyl groups excluding tert-OH is 2. The van der Waals surface area contributed by atoms with Crippen LogP contribution >= 0.6 is 0 Å². The van der Waals surface area contributed by atoms with Gasteiger partial charge in [-0.2, -0.15) is 0 Å². The van der Waals surface area contributed by atoms with Gasteiger partial charge in [-0.3, -0.25) is 4.79 Å². The van der Waals surface area contributed by atoms with Gasteiger partial charge in [-0.05, 0) is 12.8 Å². The monoisotopic (exact) mass is 229 g/mol. The summed E-state index contributed by atoms with van der Waals surface area (Å²) in [5.74, 6) is -0.837. The summed E-state index contributed by atoms with van der Waals surface area (Å²) in [6.45, 7) is -0.428. The van der Waals surface area contributed by atoms with E-state index in [-0.39, 0.29) is 19.6 Å². The summed E-state index contributed by atoms with van der Waals surface area (Å²) >= 11 is 0. The number of carboxylic acids is 1. The average molecular weight is 229 g/mol. The summed E-state index contributed by atoms with van der Waals surface area (Å²) in [7, 11) is 0. The number of carbonyl (C=O) groups is 1. The van der Waals surface area contributed by atoms with Crippen molar-refractivity contribution in [2.75, 3.05) is 13.2 Å². The van der Waals surface area contributed by atoms with Gasteiger partial charge in [0, 0.05) is 12.6 Å². The van der Waals surface area contributed by atoms with Crippen LogP contribution in [0.4, 0.5) is 0 Å². The minimum absolute atomic E-state index is 0.0935. The molecule has 0 aromatic carbocycles. The highest BCUT2D eigenvalue weighted by Crippen LogP contribution is 2.06. The van der Waals surface area contributed by atoms with Crippen LogP contribution in [0.5, 0.6) is 0 Å². The van der Waals surface area contributed by atoms with Crippen LogP contribution in [0.2, 0.25) is 0 Å². The van der Waals surface area contributed by atoms with Gasteiger partial charge in [-0.25, -0.2) is 4.68 Å². The largest absolute Gasteiger partial charge is 0.481 e. The molecule has 0 saturated carbocycles. The van der Waals surface area contributed by atoms with Crippen LogP contribution in [-0.2, 0) is 11.2 Å². The fourth-order valence-electron chi connectivity index (χ4n) is 1.25. The summed E-state index contributed by atoms with van der Waals surface area (Å²) in [6.07, 6.45) is 2.72. The third-order valence-electron chi connectivity index (χ3n) is 2.18. The topological polar surface area (TPSA) is 108 Å². The van der Waals surface area contributed by atoms with E-state index >= 15 is 0 Å². The van der Waals surface area contributed by atoms with Gasteiger partial charge in [0.2, 0.25) is 0 Å². The second-order valence-electron chi connectivity index (χ2n) is 3.46. The molecule has 7 nitrogen and oxygen atoms in total. The van der Waals surface area contributed by atoms with Crippen LogP contribution in [0.15, 0.2) is 6.20 Å². The minimum atomic E-state index is -0.837. The van der Waals surface area contributed by atoms with E-state index in [1.54, 1.807) is 6.20 Å². The highest BCUT2D eigenvalue weighted by atomic mass is 16.4. The fraction of sp³-hybridized carbons (Fsp3) is 0.667. The van der Waals surface area contributed by atoms with Crippen LogP contribution in [0.3, 0.4) is 0 Å². The molecule has 0 aliphatic rings. The van der Waals surface area contributed by atoms with E-state index in [0.717, 1.165) is 0 Å². The minimum Gasteiger partial charge on any atom is -0.481 e. The Morgan fingerprint density at radius 1 is 1.44 bits per heavy atom. The number of hydrogen-bond acceptors (Lipinski definition) is 5. The van der Waals surface area contributed by atoms with E-state index in [1.165, 1.54) is 4.68 Å². The molecule has 0 amide bonds. The van der Waals surface area contributed by atoms with Crippen molar-refractivity contribution in [1.29, 1.82) is 0 Å². The molecule has 0 unspecified atom stereocenters. The quantitative estimate of drug-likeness (QED) is 0.565. The third-order valence-corrected chi connectivity index (χ3v) is 2.18. The molecule has 1 aromatic heterocycles. The Hall–Kier alpha value is -1.47. The molecular formula is C9H15N3O4. The van der Waals surface area contributed by atoms with E-state index in [4.69, 9.17) is 15.3 Å². The molecule has 0 fully saturated rings. The van der Waals surface area contributed by atoms with Crippen molar-refractivity contribution >= 4 is 5.97 Å². The molecule has 1 rings (SSSR count). The Labute approximate surface area is 92.3 Å². The number of aliphatic hydroxyl groups is 2. The number of aliphatic carboxylic acids is 1. The Balaban J connectivity index is 2.47. The molecule has 0 aliphatic carbocycles. The lowest BCUT2D eigenvalue weighted by molar-refractivity contribution is -0.137. The molecular weight excluding hydrogens is 214 g/mol. The third kappa shape index (κ3) is 3.59. The number of aromatic nitrogens is 3. The Morgan fingerprint density at radius 2 is 2.12 bits per heavy atom. The van der Waals surface area contributed by atoms with Crippen molar-refractivity contribution in [3.8, 4) is 0 Å². The zero-order chi connectivity index (χ0) is 12.0. The van der Waals surface area contributed by atoms with Crippen molar-refractivity contribution in [1.82, 2.24) is 15.0 Å². The molecule has 7 heteroatoms. The number of carboxylic acid groups (broad SMARTS) is 1. The van der Waals surface area contributed by atoms with Crippen molar-refractivity contribution in [2.45, 2.75) is 25.3 Å². The molecule has 1 heterocycles. The van der Waals surface area contributed by atoms with Crippen LogP contribution in [-0.4, -0.2) is 49.5 Å². The summed E-state index contributed by atoms with van der Waals surface area (Å²) in [5.41, 5.74) is 0.660. The lowest BCUT2D eigenvalue weighted by Crippen LogP contribution is -2.17. The molecule has 3 N–H and O–H groups in total. The van der Waals surface area contributed by atoms with Gasteiger partial charge in [0.15, 0.2) is 0 Å². The van der Waals surface area contributed by atoms with E-state index in [0.29, 0.717) is 18.5 Å². The second kappa shape index (κ2) is 6.19. The van der Waals surface area contributed by atoms with Gasteiger partial charge in [-0.15, -0.1) is 5.10 Å². The smallest absolute Gasteiger partial charge is 0.303 e. The number of nitrogens with zero attached hydrogens (tertiary/aromatic N) is 3. The van der Waals surface area contributed by atoms with Gasteiger partial charge in [0.05, 0.1) is 24.9 Å². The zero-order valence-corrected chi connectivity index (χ0v) is 8.78. The van der Waals surface area contributed by atoms with E-state index in [9.17, 15) is 4.79 Å². The number of hydrogen-bond donors (Lipinski definition) is 3. The van der Waals surface area contributed by atoms with Crippen LogP contribution in [0, 0.1) is 0 Å². The molecule has 90 valence electrons. The lowest BCUT2D eigenvalue weighted by Gasteiger charge is -2.09. The maximum atomic E-state index is 10.3. The first-order valence-electron chi connectivity index (χ1n) is 5.01. The first kappa shape index (κ1) is 12.6. The molecule has 0 radical (unpaired) electrons. The van der Waals surface area contributed by atoms with Crippen molar-refractivity contribution in [2.24, 2.45) is 0 Å². The van der Waals surface area contributed by atoms with E-state index in [1.807, 2.05) is 0 Å². The Bertz CT molecular complexity index is 335. The summed E-state index contributed by atoms with van der Waals surface area (Å²) in [5, 5.41) is 33.9. The molecule has 1 aromatic rings. The summed E-state index contributed by atoms with van der Waals surface area (Å²) < 4.78 is 1.39. The summed E-state index contributed by atoms with van der Waals surface area (Å²) in [6, 6.07) is -0.485. The Morgan fingerprint density at radius 3 is 2.69 bits per heavy atom. The first-order chi connectivity index (χ1) is 7.67. The average Bonchev–Trinajstić information content (AvgIpc) is 2.68. The van der Waals surface area contributed by atoms with Gasteiger partial charge in [0.25, 0.3) is 0 Å². The van der Waals surface area contributed by atoms with Crippen molar-refractivity contribution in [3.63, 3.8) is 0 Å². The maximum absolute atomic E-state index is 10.3. The predicted octanol–water partition coefficient (Wildman–Crippen LogP) is -0.789. The maximum Gasteiger partial charge on any atom is 0.303 e. The van der Waals surface area contributed by atoms with Crippen LogP contribution < -0.4 is 0 Å². The van der Waals surface area contributed by atoms with Gasteiger partial charge >= 0.3 is 5.97 Å². The van der Waals surface area contributed by atoms with Crippen LogP contribution in [0.1, 0.15) is 24.6 Å². The molecule has 16 heavy (non-hydrogen) atoms. The van der Waals surface area contributed by atoms with Gasteiger partial charge < -0.3 is 15.3 Å². The zero-order valence-electron chi connectivity index (χ0n) is 8.78. The Kier molecular flexibility index (Phi) is 4.87. The predicted molar refractivity (Wildman–Crippen MR) is 53.8 cm³/mol. The SMILES string of the molecule is O=C(O)CCCc1cn(C(CO)CO)nn1. The highest BCUT2D eigenvalue weighted by molar-refractivity contribution is 5.66. The molecule has 0 aliphatic heterocycles. The molecule has 0 atom stereocenters. The van der Waals surface area contributed by atoms with E-state index in [2.05, 4.69) is 10.3 Å². The highest BCUT2D eigenvalue weighted by Gasteiger charge is 2.10.